The number of ether oxygens (including phenoxy) is 1. The second kappa shape index (κ2) is 6.45. The zero-order valence-electron chi connectivity index (χ0n) is 10.2. The van der Waals surface area contributed by atoms with Gasteiger partial charge in [-0.3, -0.25) is 4.79 Å². The Balaban J connectivity index is 2.38. The van der Waals surface area contributed by atoms with E-state index < -0.39 is 0 Å². The molecule has 0 aliphatic heterocycles. The van der Waals surface area contributed by atoms with Crippen LogP contribution < -0.4 is 0 Å². The number of ketones is 1. The standard InChI is InChI=1S/C12H16Br2O2S/c1-12(2,3)4-5-16-7-9(15)8-6-10(13)17-11(8)14/h6H,4-5,7H2,1-3H3. The molecule has 0 aromatic carbocycles. The third kappa shape index (κ3) is 5.64. The lowest BCUT2D eigenvalue weighted by molar-refractivity contribution is 0.0705. The minimum absolute atomic E-state index is 0.0211. The van der Waals surface area contributed by atoms with Crippen LogP contribution in [0.5, 0.6) is 0 Å². The van der Waals surface area contributed by atoms with E-state index >= 15 is 0 Å². The monoisotopic (exact) mass is 382 g/mol. The first-order valence-electron chi connectivity index (χ1n) is 5.35. The number of hydrogen-bond acceptors (Lipinski definition) is 3. The third-order valence-electron chi connectivity index (χ3n) is 2.19. The molecular weight excluding hydrogens is 368 g/mol. The molecule has 0 aliphatic carbocycles. The summed E-state index contributed by atoms with van der Waals surface area (Å²) in [6, 6.07) is 1.82. The van der Waals surface area contributed by atoms with Crippen LogP contribution >= 0.6 is 43.2 Å². The van der Waals surface area contributed by atoms with Crippen LogP contribution in [0.2, 0.25) is 0 Å². The zero-order chi connectivity index (χ0) is 13.1. The highest BCUT2D eigenvalue weighted by molar-refractivity contribution is 9.12. The molecule has 0 radical (unpaired) electrons. The highest BCUT2D eigenvalue weighted by Gasteiger charge is 2.14. The predicted molar refractivity (Wildman–Crippen MR) is 78.9 cm³/mol. The van der Waals surface area contributed by atoms with Crippen molar-refractivity contribution in [2.75, 3.05) is 13.2 Å². The highest BCUT2D eigenvalue weighted by Crippen LogP contribution is 2.32. The Labute approximate surface area is 123 Å². The highest BCUT2D eigenvalue weighted by atomic mass is 79.9. The summed E-state index contributed by atoms with van der Waals surface area (Å²) in [5, 5.41) is 0. The zero-order valence-corrected chi connectivity index (χ0v) is 14.2. The Morgan fingerprint density at radius 2 is 2.06 bits per heavy atom. The maximum Gasteiger partial charge on any atom is 0.190 e. The Bertz CT molecular complexity index is 394. The van der Waals surface area contributed by atoms with Gasteiger partial charge in [0.25, 0.3) is 0 Å². The van der Waals surface area contributed by atoms with Crippen LogP contribution in [0, 0.1) is 5.41 Å². The van der Waals surface area contributed by atoms with E-state index in [2.05, 4.69) is 52.6 Å². The fraction of sp³-hybridized carbons (Fsp3) is 0.583. The van der Waals surface area contributed by atoms with Gasteiger partial charge in [0, 0.05) is 12.2 Å². The van der Waals surface area contributed by atoms with Crippen LogP contribution in [0.4, 0.5) is 0 Å². The Morgan fingerprint density at radius 3 is 2.53 bits per heavy atom. The molecule has 1 aromatic rings. The topological polar surface area (TPSA) is 26.3 Å². The van der Waals surface area contributed by atoms with Gasteiger partial charge in [-0.05, 0) is 49.8 Å². The summed E-state index contributed by atoms with van der Waals surface area (Å²) in [6.07, 6.45) is 0.953. The molecule has 0 N–H and O–H groups in total. The molecule has 1 rings (SSSR count). The van der Waals surface area contributed by atoms with Crippen molar-refractivity contribution >= 4 is 49.0 Å². The molecule has 0 fully saturated rings. The molecule has 2 nitrogen and oxygen atoms in total. The van der Waals surface area contributed by atoms with Crippen molar-refractivity contribution in [3.63, 3.8) is 0 Å². The minimum Gasteiger partial charge on any atom is -0.373 e. The van der Waals surface area contributed by atoms with Crippen molar-refractivity contribution in [3.05, 3.63) is 19.2 Å². The second-order valence-electron chi connectivity index (χ2n) is 5.02. The molecule has 5 heteroatoms. The van der Waals surface area contributed by atoms with Gasteiger partial charge in [-0.1, -0.05) is 20.8 Å². The molecule has 0 bridgehead atoms. The lowest BCUT2D eigenvalue weighted by Crippen LogP contribution is -2.14. The number of Topliss-reactive ketones (excluding diaryl/α,β-unsaturated/α-hetero) is 1. The van der Waals surface area contributed by atoms with Crippen molar-refractivity contribution in [1.29, 1.82) is 0 Å². The molecule has 0 unspecified atom stereocenters. The van der Waals surface area contributed by atoms with Crippen LogP contribution in [0.3, 0.4) is 0 Å². The van der Waals surface area contributed by atoms with Crippen molar-refractivity contribution in [2.45, 2.75) is 27.2 Å². The SMILES string of the molecule is CC(C)(C)CCOCC(=O)c1cc(Br)sc1Br. The number of hydrogen-bond donors (Lipinski definition) is 0. The van der Waals surface area contributed by atoms with Gasteiger partial charge in [0.2, 0.25) is 0 Å². The number of carbonyl (C=O) groups is 1. The van der Waals surface area contributed by atoms with Crippen molar-refractivity contribution in [2.24, 2.45) is 5.41 Å². The lowest BCUT2D eigenvalue weighted by atomic mass is 9.93. The summed E-state index contributed by atoms with van der Waals surface area (Å²) in [4.78, 5) is 11.8. The molecule has 1 aromatic heterocycles. The first-order valence-corrected chi connectivity index (χ1v) is 7.75. The largest absolute Gasteiger partial charge is 0.373 e. The van der Waals surface area contributed by atoms with E-state index in [0.717, 1.165) is 14.0 Å². The van der Waals surface area contributed by atoms with Gasteiger partial charge < -0.3 is 4.74 Å². The number of rotatable bonds is 5. The average Bonchev–Trinajstić information content (AvgIpc) is 2.51. The molecule has 17 heavy (non-hydrogen) atoms. The summed E-state index contributed by atoms with van der Waals surface area (Å²) < 4.78 is 7.21. The Hall–Kier alpha value is 0.290. The van der Waals surface area contributed by atoms with E-state index in [1.54, 1.807) is 0 Å². The minimum atomic E-state index is 0.0211. The van der Waals surface area contributed by atoms with Gasteiger partial charge in [0.05, 0.1) is 7.57 Å². The third-order valence-corrected chi connectivity index (χ3v) is 4.53. The van der Waals surface area contributed by atoms with Crippen molar-refractivity contribution < 1.29 is 9.53 Å². The van der Waals surface area contributed by atoms with Crippen LogP contribution in [-0.4, -0.2) is 19.0 Å². The van der Waals surface area contributed by atoms with E-state index in [1.165, 1.54) is 11.3 Å². The summed E-state index contributed by atoms with van der Waals surface area (Å²) in [7, 11) is 0. The van der Waals surface area contributed by atoms with E-state index in [-0.39, 0.29) is 17.8 Å². The normalized spacial score (nSPS) is 11.8. The summed E-state index contributed by atoms with van der Waals surface area (Å²) in [5.74, 6) is 0.0211. The summed E-state index contributed by atoms with van der Waals surface area (Å²) in [5.41, 5.74) is 0.937. The van der Waals surface area contributed by atoms with E-state index in [4.69, 9.17) is 4.74 Å². The fourth-order valence-corrected chi connectivity index (χ4v) is 4.01. The number of carbonyl (C=O) groups excluding carboxylic acids is 1. The maximum atomic E-state index is 11.8. The quantitative estimate of drug-likeness (QED) is 0.533. The lowest BCUT2D eigenvalue weighted by Gasteiger charge is -2.17. The van der Waals surface area contributed by atoms with Gasteiger partial charge in [0.1, 0.15) is 6.61 Å². The molecule has 96 valence electrons. The van der Waals surface area contributed by atoms with Crippen LogP contribution in [0.1, 0.15) is 37.6 Å². The first-order chi connectivity index (χ1) is 7.79. The first kappa shape index (κ1) is 15.3. The van der Waals surface area contributed by atoms with E-state index in [9.17, 15) is 4.79 Å². The number of halogens is 2. The van der Waals surface area contributed by atoms with Gasteiger partial charge in [-0.15, -0.1) is 11.3 Å². The summed E-state index contributed by atoms with van der Waals surface area (Å²) >= 11 is 8.22. The second-order valence-corrected chi connectivity index (χ2v) is 8.77. The maximum absolute atomic E-state index is 11.8. The molecule has 0 amide bonds. The Kier molecular flexibility index (Phi) is 5.83. The molecule has 0 saturated heterocycles. The smallest absolute Gasteiger partial charge is 0.190 e. The molecule has 1 heterocycles. The van der Waals surface area contributed by atoms with Gasteiger partial charge in [-0.25, -0.2) is 0 Å². The number of thiophene rings is 1. The van der Waals surface area contributed by atoms with E-state index in [1.807, 2.05) is 6.07 Å². The van der Waals surface area contributed by atoms with Gasteiger partial charge >= 0.3 is 0 Å². The van der Waals surface area contributed by atoms with E-state index in [0.29, 0.717) is 12.2 Å². The molecule has 0 aliphatic rings. The fourth-order valence-electron chi connectivity index (χ4n) is 1.15. The molecule has 0 saturated carbocycles. The van der Waals surface area contributed by atoms with Crippen LogP contribution in [0.25, 0.3) is 0 Å². The van der Waals surface area contributed by atoms with Crippen molar-refractivity contribution in [3.8, 4) is 0 Å². The molecular formula is C12H16Br2O2S. The predicted octanol–water partition coefficient (Wildman–Crippen LogP) is 4.91. The van der Waals surface area contributed by atoms with Crippen LogP contribution in [-0.2, 0) is 4.74 Å². The van der Waals surface area contributed by atoms with Crippen LogP contribution in [0.15, 0.2) is 13.6 Å². The molecule has 0 atom stereocenters. The summed E-state index contributed by atoms with van der Waals surface area (Å²) in [6.45, 7) is 7.25. The van der Waals surface area contributed by atoms with Gasteiger partial charge in [-0.2, -0.15) is 0 Å². The van der Waals surface area contributed by atoms with Gasteiger partial charge in [0.15, 0.2) is 5.78 Å². The average molecular weight is 384 g/mol. The Morgan fingerprint density at radius 1 is 1.41 bits per heavy atom. The van der Waals surface area contributed by atoms with Crippen molar-refractivity contribution in [1.82, 2.24) is 0 Å². The molecule has 0 spiro atoms.